The van der Waals surface area contributed by atoms with Gasteiger partial charge in [-0.1, -0.05) is 0 Å². The molecule has 1 amide bonds. The Kier molecular flexibility index (Phi) is 5.20. The lowest BCUT2D eigenvalue weighted by molar-refractivity contribution is -0.131. The Morgan fingerprint density at radius 3 is 2.75 bits per heavy atom. The molecule has 1 N–H and O–H groups in total. The molecule has 0 atom stereocenters. The number of rotatable bonds is 5. The van der Waals surface area contributed by atoms with E-state index in [1.165, 1.54) is 0 Å². The van der Waals surface area contributed by atoms with Gasteiger partial charge in [-0.3, -0.25) is 4.79 Å². The minimum atomic E-state index is 0.178. The lowest BCUT2D eigenvalue weighted by atomic mass is 10.3. The van der Waals surface area contributed by atoms with Gasteiger partial charge in [0.1, 0.15) is 0 Å². The van der Waals surface area contributed by atoms with Crippen molar-refractivity contribution < 1.29 is 4.79 Å². The van der Waals surface area contributed by atoms with E-state index in [1.54, 1.807) is 0 Å². The van der Waals surface area contributed by atoms with Crippen LogP contribution in [0.1, 0.15) is 20.3 Å². The molecule has 0 aliphatic carbocycles. The van der Waals surface area contributed by atoms with Crippen LogP contribution in [0, 0.1) is 8.34 Å². The average Bonchev–Trinajstić information content (AvgIpc) is 2.72. The molecule has 1 aromatic carbocycles. The molecular formula is C14H18IN3OS. The number of aromatic amines is 1. The zero-order chi connectivity index (χ0) is 14.7. The molecule has 0 aliphatic heterocycles. The minimum Gasteiger partial charge on any atom is -0.343 e. The first-order valence-corrected chi connectivity index (χ1v) is 8.21. The number of benzene rings is 1. The lowest BCUT2D eigenvalue weighted by Gasteiger charge is -2.18. The lowest BCUT2D eigenvalue weighted by Crippen LogP contribution is -2.31. The van der Waals surface area contributed by atoms with Gasteiger partial charge in [0.05, 0.1) is 11.0 Å². The first kappa shape index (κ1) is 15.5. The number of hydrogen-bond donors (Lipinski definition) is 1. The summed E-state index contributed by atoms with van der Waals surface area (Å²) in [5, 5.41) is 0. The predicted octanol–water partition coefficient (Wildman–Crippen LogP) is 3.56. The molecule has 0 spiro atoms. The van der Waals surface area contributed by atoms with Crippen molar-refractivity contribution >= 4 is 51.7 Å². The third-order valence-electron chi connectivity index (χ3n) is 3.40. The number of halogens is 1. The van der Waals surface area contributed by atoms with Crippen molar-refractivity contribution in [3.63, 3.8) is 0 Å². The zero-order valence-corrected chi connectivity index (χ0v) is 14.6. The molecule has 0 bridgehead atoms. The van der Waals surface area contributed by atoms with E-state index in [4.69, 9.17) is 12.2 Å². The fourth-order valence-corrected chi connectivity index (χ4v) is 3.09. The van der Waals surface area contributed by atoms with Crippen LogP contribution in [0.2, 0.25) is 0 Å². The number of aryl methyl sites for hydroxylation is 1. The van der Waals surface area contributed by atoms with E-state index in [9.17, 15) is 4.79 Å². The molecule has 0 aliphatic rings. The van der Waals surface area contributed by atoms with E-state index in [1.807, 2.05) is 35.4 Å². The van der Waals surface area contributed by atoms with Gasteiger partial charge < -0.3 is 14.5 Å². The van der Waals surface area contributed by atoms with Gasteiger partial charge in [-0.15, -0.1) is 0 Å². The van der Waals surface area contributed by atoms with Crippen LogP contribution >= 0.6 is 34.8 Å². The summed E-state index contributed by atoms with van der Waals surface area (Å²) in [7, 11) is 0. The summed E-state index contributed by atoms with van der Waals surface area (Å²) in [5.74, 6) is 0.178. The summed E-state index contributed by atoms with van der Waals surface area (Å²) in [4.78, 5) is 17.1. The molecule has 1 heterocycles. The predicted molar refractivity (Wildman–Crippen MR) is 92.4 cm³/mol. The SMILES string of the molecule is CCN(CC)C(=O)CCn1c(=S)[nH]c2cc(I)ccc21. The molecule has 0 radical (unpaired) electrons. The molecule has 1 aromatic heterocycles. The van der Waals surface area contributed by atoms with Crippen molar-refractivity contribution in [3.8, 4) is 0 Å². The molecule has 6 heteroatoms. The largest absolute Gasteiger partial charge is 0.343 e. The summed E-state index contributed by atoms with van der Waals surface area (Å²) < 4.78 is 3.84. The normalized spacial score (nSPS) is 10.9. The second kappa shape index (κ2) is 6.71. The monoisotopic (exact) mass is 403 g/mol. The molecular weight excluding hydrogens is 385 g/mol. The number of carbonyl (C=O) groups is 1. The minimum absolute atomic E-state index is 0.178. The third-order valence-corrected chi connectivity index (χ3v) is 4.40. The molecule has 4 nitrogen and oxygen atoms in total. The molecule has 2 rings (SSSR count). The van der Waals surface area contributed by atoms with E-state index < -0.39 is 0 Å². The van der Waals surface area contributed by atoms with Crippen LogP contribution in [0.4, 0.5) is 0 Å². The van der Waals surface area contributed by atoms with Gasteiger partial charge in [0.2, 0.25) is 5.91 Å². The number of imidazole rings is 1. The summed E-state index contributed by atoms with van der Waals surface area (Å²) in [6.45, 7) is 6.13. The summed E-state index contributed by atoms with van der Waals surface area (Å²) >= 11 is 7.63. The first-order chi connectivity index (χ1) is 9.56. The Bertz CT molecular complexity index is 673. The highest BCUT2D eigenvalue weighted by molar-refractivity contribution is 14.1. The number of nitrogens with zero attached hydrogens (tertiary/aromatic N) is 2. The van der Waals surface area contributed by atoms with Crippen LogP contribution in [-0.2, 0) is 11.3 Å². The van der Waals surface area contributed by atoms with Crippen molar-refractivity contribution in [1.29, 1.82) is 0 Å². The molecule has 20 heavy (non-hydrogen) atoms. The van der Waals surface area contributed by atoms with Crippen LogP contribution in [-0.4, -0.2) is 33.4 Å². The number of fused-ring (bicyclic) bond motifs is 1. The van der Waals surface area contributed by atoms with Crippen molar-refractivity contribution in [2.24, 2.45) is 0 Å². The topological polar surface area (TPSA) is 41.0 Å². The van der Waals surface area contributed by atoms with Crippen LogP contribution in [0.5, 0.6) is 0 Å². The zero-order valence-electron chi connectivity index (χ0n) is 11.6. The molecule has 0 saturated heterocycles. The van der Waals surface area contributed by atoms with Gasteiger partial charge in [-0.2, -0.15) is 0 Å². The highest BCUT2D eigenvalue weighted by Crippen LogP contribution is 2.17. The Morgan fingerprint density at radius 2 is 2.10 bits per heavy atom. The summed E-state index contributed by atoms with van der Waals surface area (Å²) in [6, 6.07) is 6.16. The van der Waals surface area contributed by atoms with Crippen LogP contribution in [0.15, 0.2) is 18.2 Å². The van der Waals surface area contributed by atoms with Gasteiger partial charge in [0.15, 0.2) is 4.77 Å². The van der Waals surface area contributed by atoms with Crippen LogP contribution in [0.25, 0.3) is 11.0 Å². The molecule has 0 saturated carbocycles. The van der Waals surface area contributed by atoms with Gasteiger partial charge in [0.25, 0.3) is 0 Å². The summed E-state index contributed by atoms with van der Waals surface area (Å²) in [5.41, 5.74) is 2.08. The number of hydrogen-bond acceptors (Lipinski definition) is 2. The highest BCUT2D eigenvalue weighted by atomic mass is 127. The Hall–Kier alpha value is -0.890. The van der Waals surface area contributed by atoms with Crippen LogP contribution < -0.4 is 0 Å². The molecule has 2 aromatic rings. The Balaban J connectivity index is 2.20. The quantitative estimate of drug-likeness (QED) is 0.613. The standard InChI is InChI=1S/C14H18IN3OS/c1-3-17(4-2)13(19)7-8-18-12-6-5-10(15)9-11(12)16-14(18)20/h5-6,9H,3-4,7-8H2,1-2H3,(H,16,20). The van der Waals surface area contributed by atoms with Gasteiger partial charge in [-0.25, -0.2) is 0 Å². The smallest absolute Gasteiger partial charge is 0.224 e. The van der Waals surface area contributed by atoms with Gasteiger partial charge >= 0.3 is 0 Å². The maximum atomic E-state index is 12.1. The number of amides is 1. The van der Waals surface area contributed by atoms with E-state index >= 15 is 0 Å². The van der Waals surface area contributed by atoms with E-state index in [2.05, 4.69) is 33.6 Å². The highest BCUT2D eigenvalue weighted by Gasteiger charge is 2.11. The maximum Gasteiger partial charge on any atom is 0.224 e. The maximum absolute atomic E-state index is 12.1. The van der Waals surface area contributed by atoms with Crippen molar-refractivity contribution in [2.75, 3.05) is 13.1 Å². The van der Waals surface area contributed by atoms with Crippen molar-refractivity contribution in [2.45, 2.75) is 26.8 Å². The van der Waals surface area contributed by atoms with Crippen molar-refractivity contribution in [3.05, 3.63) is 26.5 Å². The fourth-order valence-electron chi connectivity index (χ4n) is 2.30. The number of nitrogens with one attached hydrogen (secondary N) is 1. The second-order valence-electron chi connectivity index (χ2n) is 4.56. The Morgan fingerprint density at radius 1 is 1.40 bits per heavy atom. The molecule has 0 unspecified atom stereocenters. The second-order valence-corrected chi connectivity index (χ2v) is 6.19. The Labute approximate surface area is 137 Å². The first-order valence-electron chi connectivity index (χ1n) is 6.72. The average molecular weight is 403 g/mol. The van der Waals surface area contributed by atoms with Crippen LogP contribution in [0.3, 0.4) is 0 Å². The van der Waals surface area contributed by atoms with Gasteiger partial charge in [0, 0.05) is 29.6 Å². The van der Waals surface area contributed by atoms with E-state index in [-0.39, 0.29) is 5.91 Å². The van der Waals surface area contributed by atoms with E-state index in [0.717, 1.165) is 27.7 Å². The number of aromatic nitrogens is 2. The molecule has 0 fully saturated rings. The number of carbonyl (C=O) groups excluding carboxylic acids is 1. The van der Waals surface area contributed by atoms with Crippen molar-refractivity contribution in [1.82, 2.24) is 14.5 Å². The number of H-pyrrole nitrogens is 1. The van der Waals surface area contributed by atoms with E-state index in [0.29, 0.717) is 17.7 Å². The van der Waals surface area contributed by atoms with Gasteiger partial charge in [-0.05, 0) is 66.9 Å². The fraction of sp³-hybridized carbons (Fsp3) is 0.429. The third kappa shape index (κ3) is 3.22. The molecule has 108 valence electrons. The summed E-state index contributed by atoms with van der Waals surface area (Å²) in [6.07, 6.45) is 0.481.